The molecule has 1 radical (unpaired) electrons. The molecule has 1 fully saturated rings. The van der Waals surface area contributed by atoms with Gasteiger partial charge in [-0.05, 0) is 5.54 Å². The molecule has 0 spiro atoms. The van der Waals surface area contributed by atoms with Crippen LogP contribution >= 0.6 is 0 Å². The van der Waals surface area contributed by atoms with Gasteiger partial charge in [0.05, 0.1) is 0 Å². The van der Waals surface area contributed by atoms with Gasteiger partial charge in [-0.15, -0.1) is 0 Å². The Bertz CT molecular complexity index is 131. The summed E-state index contributed by atoms with van der Waals surface area (Å²) in [6.07, 6.45) is 7.04. The smallest absolute Gasteiger partial charge is 0.138 e. The zero-order chi connectivity index (χ0) is 9.68. The lowest BCUT2D eigenvalue weighted by molar-refractivity contribution is -0.0481. The van der Waals surface area contributed by atoms with E-state index in [1.165, 1.54) is 32.1 Å². The van der Waals surface area contributed by atoms with Gasteiger partial charge < -0.3 is 9.47 Å². The van der Waals surface area contributed by atoms with Crippen molar-refractivity contribution in [3.8, 4) is 0 Å². The van der Waals surface area contributed by atoms with E-state index in [4.69, 9.17) is 9.47 Å². The molecule has 1 rings (SSSR count). The quantitative estimate of drug-likeness (QED) is 0.514. The van der Waals surface area contributed by atoms with Gasteiger partial charge in [0, 0.05) is 14.2 Å². The van der Waals surface area contributed by atoms with Gasteiger partial charge in [-0.1, -0.05) is 38.7 Å². The van der Waals surface area contributed by atoms with E-state index in [2.05, 4.69) is 6.55 Å². The molecule has 1 saturated carbocycles. The zero-order valence-corrected chi connectivity index (χ0v) is 10.0. The van der Waals surface area contributed by atoms with Crippen molar-refractivity contribution in [1.29, 1.82) is 0 Å². The van der Waals surface area contributed by atoms with E-state index < -0.39 is 8.80 Å². The molecule has 0 aromatic rings. The van der Waals surface area contributed by atoms with Gasteiger partial charge >= 0.3 is 0 Å². The Balaban J connectivity index is 2.38. The van der Waals surface area contributed by atoms with Gasteiger partial charge in [0.15, 0.2) is 0 Å². The van der Waals surface area contributed by atoms with E-state index in [1.807, 2.05) is 0 Å². The van der Waals surface area contributed by atoms with Gasteiger partial charge in [-0.25, -0.2) is 0 Å². The highest BCUT2D eigenvalue weighted by molar-refractivity contribution is 6.60. The normalized spacial score (nSPS) is 20.1. The molecule has 0 saturated heterocycles. The molecule has 0 amide bonds. The fourth-order valence-electron chi connectivity index (χ4n) is 2.22. The van der Waals surface area contributed by atoms with Crippen LogP contribution in [0.25, 0.3) is 0 Å². The molecular weight excluding hydrogens is 180 g/mol. The predicted octanol–water partition coefficient (Wildman–Crippen LogP) is 2.60. The van der Waals surface area contributed by atoms with Gasteiger partial charge in [0.2, 0.25) is 0 Å². The molecule has 77 valence electrons. The van der Waals surface area contributed by atoms with E-state index >= 15 is 0 Å². The molecule has 13 heavy (non-hydrogen) atoms. The second-order valence-corrected chi connectivity index (χ2v) is 6.66. The fraction of sp³-hybridized carbons (Fsp3) is 1.00. The molecule has 1 aliphatic rings. The minimum absolute atomic E-state index is 0.0908. The molecule has 0 bridgehead atoms. The van der Waals surface area contributed by atoms with Crippen LogP contribution in [0.15, 0.2) is 0 Å². The molecule has 0 unspecified atom stereocenters. The first-order chi connectivity index (χ1) is 6.29. The third-order valence-electron chi connectivity index (χ3n) is 3.05. The molecule has 0 aliphatic heterocycles. The SMILES string of the molecule is COC(OC)[Si](C)C1CCCCC1. The summed E-state index contributed by atoms with van der Waals surface area (Å²) in [6, 6.07) is 0. The van der Waals surface area contributed by atoms with Crippen LogP contribution in [0.1, 0.15) is 32.1 Å². The summed E-state index contributed by atoms with van der Waals surface area (Å²) in [4.78, 5) is 0. The van der Waals surface area contributed by atoms with Gasteiger partial charge in [-0.3, -0.25) is 0 Å². The second-order valence-electron chi connectivity index (χ2n) is 3.88. The third kappa shape index (κ3) is 3.08. The Morgan fingerprint density at radius 1 is 1.08 bits per heavy atom. The van der Waals surface area contributed by atoms with Gasteiger partial charge in [0.1, 0.15) is 14.7 Å². The van der Waals surface area contributed by atoms with E-state index in [0.29, 0.717) is 0 Å². The lowest BCUT2D eigenvalue weighted by Crippen LogP contribution is -2.36. The van der Waals surface area contributed by atoms with Crippen LogP contribution in [0.5, 0.6) is 0 Å². The molecule has 0 atom stereocenters. The molecule has 1 aliphatic carbocycles. The first-order valence-corrected chi connectivity index (χ1v) is 7.34. The van der Waals surface area contributed by atoms with Crippen molar-refractivity contribution in [1.82, 2.24) is 0 Å². The Kier molecular flexibility index (Phi) is 4.99. The highest BCUT2D eigenvalue weighted by atomic mass is 28.3. The van der Waals surface area contributed by atoms with Crippen LogP contribution < -0.4 is 0 Å². The van der Waals surface area contributed by atoms with Crippen molar-refractivity contribution in [2.24, 2.45) is 0 Å². The average molecular weight is 201 g/mol. The maximum Gasteiger partial charge on any atom is 0.138 e. The number of methoxy groups -OCH3 is 2. The highest BCUT2D eigenvalue weighted by Crippen LogP contribution is 2.32. The molecule has 2 nitrogen and oxygen atoms in total. The van der Waals surface area contributed by atoms with Crippen molar-refractivity contribution in [2.45, 2.75) is 50.1 Å². The number of ether oxygens (including phenoxy) is 2. The molecule has 0 aromatic carbocycles. The van der Waals surface area contributed by atoms with Crippen molar-refractivity contribution >= 4 is 8.80 Å². The second kappa shape index (κ2) is 5.78. The lowest BCUT2D eigenvalue weighted by atomic mass is 10.0. The summed E-state index contributed by atoms with van der Waals surface area (Å²) in [5, 5.41) is 0. The Hall–Kier alpha value is 0.137. The minimum Gasteiger partial charge on any atom is -0.360 e. The Morgan fingerprint density at radius 3 is 2.08 bits per heavy atom. The lowest BCUT2D eigenvalue weighted by Gasteiger charge is -2.30. The number of hydrogen-bond acceptors (Lipinski definition) is 2. The van der Waals surface area contributed by atoms with Crippen LogP contribution in [0, 0.1) is 0 Å². The largest absolute Gasteiger partial charge is 0.360 e. The average Bonchev–Trinajstić information content (AvgIpc) is 2.21. The first kappa shape index (κ1) is 11.2. The summed E-state index contributed by atoms with van der Waals surface area (Å²) < 4.78 is 10.7. The predicted molar refractivity (Wildman–Crippen MR) is 56.3 cm³/mol. The molecule has 3 heteroatoms. The molecule has 0 N–H and O–H groups in total. The summed E-state index contributed by atoms with van der Waals surface area (Å²) >= 11 is 0. The zero-order valence-electron chi connectivity index (χ0n) is 9.01. The maximum absolute atomic E-state index is 5.34. The van der Waals surface area contributed by atoms with E-state index in [9.17, 15) is 0 Å². The molecule has 0 heterocycles. The van der Waals surface area contributed by atoms with E-state index in [-0.39, 0.29) is 5.91 Å². The number of rotatable bonds is 4. The summed E-state index contributed by atoms with van der Waals surface area (Å²) in [7, 11) is 3.04. The monoisotopic (exact) mass is 201 g/mol. The van der Waals surface area contributed by atoms with Crippen molar-refractivity contribution < 1.29 is 9.47 Å². The third-order valence-corrected chi connectivity index (χ3v) is 6.13. The van der Waals surface area contributed by atoms with Gasteiger partial charge in [-0.2, -0.15) is 0 Å². The van der Waals surface area contributed by atoms with Crippen LogP contribution in [-0.4, -0.2) is 28.9 Å². The van der Waals surface area contributed by atoms with Crippen molar-refractivity contribution in [2.75, 3.05) is 14.2 Å². The number of hydrogen-bond donors (Lipinski definition) is 0. The van der Waals surface area contributed by atoms with Crippen molar-refractivity contribution in [3.05, 3.63) is 0 Å². The van der Waals surface area contributed by atoms with Crippen LogP contribution in [0.3, 0.4) is 0 Å². The highest BCUT2D eigenvalue weighted by Gasteiger charge is 2.28. The van der Waals surface area contributed by atoms with Gasteiger partial charge in [0.25, 0.3) is 0 Å². The standard InChI is InChI=1S/C10H21O2Si/c1-11-10(12-2)13(3)9-7-5-4-6-8-9/h9-10H,4-8H2,1-3H3. The van der Waals surface area contributed by atoms with Crippen LogP contribution in [-0.2, 0) is 9.47 Å². The van der Waals surface area contributed by atoms with Crippen LogP contribution in [0.4, 0.5) is 0 Å². The minimum atomic E-state index is -0.475. The maximum atomic E-state index is 5.34. The summed E-state index contributed by atoms with van der Waals surface area (Å²) in [5.74, 6) is 0.0908. The van der Waals surface area contributed by atoms with Crippen LogP contribution in [0.2, 0.25) is 12.1 Å². The topological polar surface area (TPSA) is 18.5 Å². The fourth-order valence-corrected chi connectivity index (χ4v) is 4.67. The van der Waals surface area contributed by atoms with E-state index in [0.717, 1.165) is 5.54 Å². The van der Waals surface area contributed by atoms with E-state index in [1.54, 1.807) is 14.2 Å². The summed E-state index contributed by atoms with van der Waals surface area (Å²) in [5.41, 5.74) is 0.906. The summed E-state index contributed by atoms with van der Waals surface area (Å²) in [6.45, 7) is 2.35. The molecular formula is C10H21O2Si. The Labute approximate surface area is 83.2 Å². The Morgan fingerprint density at radius 2 is 1.62 bits per heavy atom. The first-order valence-electron chi connectivity index (χ1n) is 5.18. The molecule has 0 aromatic heterocycles. The van der Waals surface area contributed by atoms with Crippen molar-refractivity contribution in [3.63, 3.8) is 0 Å².